The van der Waals surface area contributed by atoms with Crippen LogP contribution in [0.3, 0.4) is 0 Å². The van der Waals surface area contributed by atoms with Crippen molar-refractivity contribution >= 4 is 11.9 Å². The van der Waals surface area contributed by atoms with Gasteiger partial charge in [-0.1, -0.05) is 116 Å². The van der Waals surface area contributed by atoms with Crippen LogP contribution in [-0.4, -0.2) is 32.2 Å². The largest absolute Gasteiger partial charge is 0.492 e. The zero-order valence-corrected chi connectivity index (χ0v) is 27.1. The molecule has 2 aromatic carbocycles. The molecule has 0 aliphatic carbocycles. The number of carbonyl (C=O) groups is 1. The van der Waals surface area contributed by atoms with E-state index in [1.807, 2.05) is 36.4 Å². The van der Waals surface area contributed by atoms with Gasteiger partial charge < -0.3 is 18.9 Å². The number of ketones is 1. The lowest BCUT2D eigenvalue weighted by atomic mass is 10.0. The zero-order chi connectivity index (χ0) is 30.4. The fourth-order valence-electron chi connectivity index (χ4n) is 4.76. The van der Waals surface area contributed by atoms with E-state index in [1.165, 1.54) is 0 Å². The summed E-state index contributed by atoms with van der Waals surface area (Å²) in [4.78, 5) is 13.2. The number of unbranched alkanes of at least 4 members (excludes halogenated alkanes) is 8. The second-order valence-electron chi connectivity index (χ2n) is 10.8. The van der Waals surface area contributed by atoms with Crippen LogP contribution in [-0.2, 0) is 6.42 Å². The summed E-state index contributed by atoms with van der Waals surface area (Å²) in [6, 6.07) is 9.36. The van der Waals surface area contributed by atoms with Gasteiger partial charge in [0.05, 0.1) is 32.0 Å². The molecule has 42 heavy (non-hydrogen) atoms. The van der Waals surface area contributed by atoms with E-state index in [9.17, 15) is 4.79 Å². The van der Waals surface area contributed by atoms with Crippen molar-refractivity contribution in [3.63, 3.8) is 0 Å². The predicted molar refractivity (Wildman–Crippen MR) is 176 cm³/mol. The van der Waals surface area contributed by atoms with Crippen LogP contribution in [0.2, 0.25) is 0 Å². The molecule has 234 valence electrons. The van der Waals surface area contributed by atoms with E-state index in [1.54, 1.807) is 6.08 Å². The SMILES string of the molecule is CCCCCOc1c(C=CC(=O)c2ccccc2)c(OCCCCC)c(OCCCCC)c(OCCCCC)c1CC. The Kier molecular flexibility index (Phi) is 18.2. The quantitative estimate of drug-likeness (QED) is 0.0702. The third-order valence-electron chi connectivity index (χ3n) is 7.24. The lowest BCUT2D eigenvalue weighted by molar-refractivity contribution is 0.104. The van der Waals surface area contributed by atoms with E-state index in [2.05, 4.69) is 34.6 Å². The van der Waals surface area contributed by atoms with E-state index in [4.69, 9.17) is 18.9 Å². The molecule has 0 radical (unpaired) electrons. The Balaban J connectivity index is 2.71. The summed E-state index contributed by atoms with van der Waals surface area (Å²) in [5.74, 6) is 2.67. The van der Waals surface area contributed by atoms with Gasteiger partial charge >= 0.3 is 0 Å². The number of allylic oxidation sites excluding steroid dienone is 1. The molecule has 0 saturated heterocycles. The van der Waals surface area contributed by atoms with Crippen molar-refractivity contribution in [2.75, 3.05) is 26.4 Å². The lowest BCUT2D eigenvalue weighted by Gasteiger charge is -2.25. The van der Waals surface area contributed by atoms with Crippen molar-refractivity contribution in [1.82, 2.24) is 0 Å². The molecule has 0 saturated carbocycles. The van der Waals surface area contributed by atoms with Crippen LogP contribution < -0.4 is 18.9 Å². The molecule has 0 N–H and O–H groups in total. The van der Waals surface area contributed by atoms with Gasteiger partial charge in [-0.25, -0.2) is 0 Å². The average Bonchev–Trinajstić information content (AvgIpc) is 3.02. The van der Waals surface area contributed by atoms with Crippen molar-refractivity contribution in [2.24, 2.45) is 0 Å². The molecular formula is C37H56O5. The van der Waals surface area contributed by atoms with Gasteiger partial charge in [0.25, 0.3) is 0 Å². The van der Waals surface area contributed by atoms with Gasteiger partial charge in [-0.2, -0.15) is 0 Å². The minimum Gasteiger partial charge on any atom is -0.492 e. The molecule has 2 rings (SSSR count). The van der Waals surface area contributed by atoms with Gasteiger partial charge in [-0.3, -0.25) is 4.79 Å². The fraction of sp³-hybridized carbons (Fsp3) is 0.595. The van der Waals surface area contributed by atoms with E-state index in [0.717, 1.165) is 99.7 Å². The van der Waals surface area contributed by atoms with E-state index < -0.39 is 0 Å². The Bertz CT molecular complexity index is 1040. The van der Waals surface area contributed by atoms with Crippen molar-refractivity contribution in [3.8, 4) is 23.0 Å². The van der Waals surface area contributed by atoms with E-state index >= 15 is 0 Å². The third-order valence-corrected chi connectivity index (χ3v) is 7.24. The Morgan fingerprint density at radius 2 is 1.02 bits per heavy atom. The number of hydrogen-bond donors (Lipinski definition) is 0. The molecule has 0 bridgehead atoms. The Morgan fingerprint density at radius 3 is 1.50 bits per heavy atom. The molecule has 0 spiro atoms. The monoisotopic (exact) mass is 580 g/mol. The second kappa shape index (κ2) is 21.7. The first-order valence-corrected chi connectivity index (χ1v) is 16.6. The molecule has 0 unspecified atom stereocenters. The number of rotatable bonds is 24. The van der Waals surface area contributed by atoms with Crippen molar-refractivity contribution in [1.29, 1.82) is 0 Å². The average molecular weight is 581 g/mol. The standard InChI is InChI=1S/C37H56O5/c1-6-11-18-26-39-34-31(10-5)35(40-27-19-12-7-2)37(42-29-21-14-9-4)36(41-28-20-13-8-3)32(34)24-25-33(38)30-22-16-15-17-23-30/h15-17,22-25H,6-14,18-21,26-29H2,1-5H3. The third kappa shape index (κ3) is 11.7. The lowest BCUT2D eigenvalue weighted by Crippen LogP contribution is -2.12. The molecule has 2 aromatic rings. The van der Waals surface area contributed by atoms with Gasteiger partial charge in [-0.15, -0.1) is 0 Å². The summed E-state index contributed by atoms with van der Waals surface area (Å²) in [6.07, 6.45) is 16.9. The smallest absolute Gasteiger partial charge is 0.204 e. The van der Waals surface area contributed by atoms with Gasteiger partial charge in [0.1, 0.15) is 5.75 Å². The summed E-state index contributed by atoms with van der Waals surface area (Å²) >= 11 is 0. The maximum Gasteiger partial charge on any atom is 0.204 e. The molecule has 0 fully saturated rings. The van der Waals surface area contributed by atoms with Crippen LogP contribution >= 0.6 is 0 Å². The number of hydrogen-bond acceptors (Lipinski definition) is 5. The van der Waals surface area contributed by atoms with Crippen molar-refractivity contribution < 1.29 is 23.7 Å². The molecular weight excluding hydrogens is 524 g/mol. The number of benzene rings is 2. The zero-order valence-electron chi connectivity index (χ0n) is 27.1. The van der Waals surface area contributed by atoms with Gasteiger partial charge in [0.2, 0.25) is 5.75 Å². The van der Waals surface area contributed by atoms with Crippen LogP contribution in [0.15, 0.2) is 36.4 Å². The molecule has 0 heterocycles. The minimum absolute atomic E-state index is 0.0622. The van der Waals surface area contributed by atoms with Crippen LogP contribution in [0.5, 0.6) is 23.0 Å². The summed E-state index contributed by atoms with van der Waals surface area (Å²) in [5, 5.41) is 0. The van der Waals surface area contributed by atoms with Crippen LogP contribution in [0, 0.1) is 0 Å². The first kappa shape index (κ1) is 35.2. The normalized spacial score (nSPS) is 11.2. The van der Waals surface area contributed by atoms with E-state index in [0.29, 0.717) is 49.9 Å². The summed E-state index contributed by atoms with van der Waals surface area (Å²) in [5.41, 5.74) is 2.38. The number of carbonyl (C=O) groups excluding carboxylic acids is 1. The highest BCUT2D eigenvalue weighted by molar-refractivity contribution is 6.07. The van der Waals surface area contributed by atoms with Gasteiger partial charge in [0, 0.05) is 11.1 Å². The highest BCUT2D eigenvalue weighted by Gasteiger charge is 2.27. The molecule has 0 atom stereocenters. The molecule has 5 nitrogen and oxygen atoms in total. The summed E-state index contributed by atoms with van der Waals surface area (Å²) < 4.78 is 26.2. The highest BCUT2D eigenvalue weighted by atomic mass is 16.5. The summed E-state index contributed by atoms with van der Waals surface area (Å²) in [7, 11) is 0. The van der Waals surface area contributed by atoms with Gasteiger partial charge in [0.15, 0.2) is 17.3 Å². The first-order chi connectivity index (χ1) is 20.6. The van der Waals surface area contributed by atoms with Gasteiger partial charge in [-0.05, 0) is 44.3 Å². The maximum atomic E-state index is 13.2. The predicted octanol–water partition coefficient (Wildman–Crippen LogP) is 10.4. The van der Waals surface area contributed by atoms with Crippen LogP contribution in [0.25, 0.3) is 6.08 Å². The molecule has 0 aromatic heterocycles. The van der Waals surface area contributed by atoms with E-state index in [-0.39, 0.29) is 5.78 Å². The molecule has 5 heteroatoms. The Labute approximate surface area is 256 Å². The Morgan fingerprint density at radius 1 is 0.571 bits per heavy atom. The second-order valence-corrected chi connectivity index (χ2v) is 10.8. The molecule has 0 aliphatic heterocycles. The molecule has 0 aliphatic rings. The first-order valence-electron chi connectivity index (χ1n) is 16.6. The van der Waals surface area contributed by atoms with Crippen LogP contribution in [0.1, 0.15) is 133 Å². The summed E-state index contributed by atoms with van der Waals surface area (Å²) in [6.45, 7) is 13.2. The fourth-order valence-corrected chi connectivity index (χ4v) is 4.76. The number of ether oxygens (including phenoxy) is 4. The Hall–Kier alpha value is -2.95. The topological polar surface area (TPSA) is 54.0 Å². The van der Waals surface area contributed by atoms with Crippen molar-refractivity contribution in [3.05, 3.63) is 53.1 Å². The highest BCUT2D eigenvalue weighted by Crippen LogP contribution is 2.50. The molecule has 0 amide bonds. The minimum atomic E-state index is -0.0622. The van der Waals surface area contributed by atoms with Crippen LogP contribution in [0.4, 0.5) is 0 Å². The maximum absolute atomic E-state index is 13.2. The van der Waals surface area contributed by atoms with Crippen molar-refractivity contribution in [2.45, 2.75) is 118 Å².